The zero-order valence-electron chi connectivity index (χ0n) is 15.5. The van der Waals surface area contributed by atoms with Gasteiger partial charge in [0.05, 0.1) is 6.17 Å². The summed E-state index contributed by atoms with van der Waals surface area (Å²) in [6.07, 6.45) is 22.1. The molecule has 3 rings (SSSR count). The lowest BCUT2D eigenvalue weighted by Gasteiger charge is -2.54. The molecule has 2 nitrogen and oxygen atoms in total. The molecular formula is C22H30N2-2. The average Bonchev–Trinajstić information content (AvgIpc) is 2.98. The first-order valence-corrected chi connectivity index (χ1v) is 9.42. The van der Waals surface area contributed by atoms with Gasteiger partial charge in [0.15, 0.2) is 0 Å². The van der Waals surface area contributed by atoms with Crippen LogP contribution in [0, 0.1) is 11.8 Å². The highest BCUT2D eigenvalue weighted by atomic mass is 15.4. The molecular weight excluding hydrogens is 292 g/mol. The molecule has 1 aliphatic carbocycles. The maximum absolute atomic E-state index is 2.46. The Bertz CT molecular complexity index is 605. The van der Waals surface area contributed by atoms with Gasteiger partial charge in [-0.25, -0.2) is 12.2 Å². The summed E-state index contributed by atoms with van der Waals surface area (Å²) in [5, 5.41) is 0. The highest BCUT2D eigenvalue weighted by molar-refractivity contribution is 5.61. The molecule has 0 bridgehead atoms. The fourth-order valence-electron chi connectivity index (χ4n) is 3.96. The molecule has 24 heavy (non-hydrogen) atoms. The minimum atomic E-state index is 0.363. The van der Waals surface area contributed by atoms with Crippen molar-refractivity contribution in [1.82, 2.24) is 9.80 Å². The molecule has 0 spiro atoms. The van der Waals surface area contributed by atoms with Gasteiger partial charge in [0.1, 0.15) is 0 Å². The predicted molar refractivity (Wildman–Crippen MR) is 103 cm³/mol. The molecule has 0 saturated heterocycles. The topological polar surface area (TPSA) is 6.48 Å². The van der Waals surface area contributed by atoms with Crippen LogP contribution in [0.2, 0.25) is 0 Å². The Morgan fingerprint density at radius 1 is 1.12 bits per heavy atom. The van der Waals surface area contributed by atoms with Crippen molar-refractivity contribution < 1.29 is 0 Å². The lowest BCUT2D eigenvalue weighted by atomic mass is 9.78. The second-order valence-electron chi connectivity index (χ2n) is 6.82. The van der Waals surface area contributed by atoms with Gasteiger partial charge >= 0.3 is 0 Å². The number of likely N-dealkylation sites (N-methyl/N-ethyl adjacent to an activating group) is 1. The van der Waals surface area contributed by atoms with Crippen molar-refractivity contribution in [2.24, 2.45) is 0 Å². The number of fused-ring (bicyclic) bond motifs is 3. The van der Waals surface area contributed by atoms with Gasteiger partial charge in [-0.2, -0.15) is 30.1 Å². The molecule has 130 valence electrons. The van der Waals surface area contributed by atoms with E-state index in [9.17, 15) is 0 Å². The number of hydrogen-bond acceptors (Lipinski definition) is 2. The molecule has 1 unspecified atom stereocenters. The van der Waals surface area contributed by atoms with Crippen LogP contribution < -0.4 is 0 Å². The van der Waals surface area contributed by atoms with Crippen LogP contribution in [0.4, 0.5) is 0 Å². The molecule has 0 radical (unpaired) electrons. The zero-order chi connectivity index (χ0) is 17.1. The van der Waals surface area contributed by atoms with E-state index in [1.54, 1.807) is 11.1 Å². The summed E-state index contributed by atoms with van der Waals surface area (Å²) in [5.41, 5.74) is 4.50. The van der Waals surface area contributed by atoms with Gasteiger partial charge in [0.2, 0.25) is 0 Å². The molecule has 0 fully saturated rings. The van der Waals surface area contributed by atoms with Crippen LogP contribution in [0.3, 0.4) is 0 Å². The SMILES string of the molecule is CCC/C=C\[C-]1C=C[C-]2C(=C1)N1C=CN(C)C1C(CCC)=C2CC. The Morgan fingerprint density at radius 3 is 2.67 bits per heavy atom. The smallest absolute Gasteiger partial charge is 0.0841 e. The average molecular weight is 322 g/mol. The Kier molecular flexibility index (Phi) is 5.13. The van der Waals surface area contributed by atoms with E-state index in [4.69, 9.17) is 0 Å². The van der Waals surface area contributed by atoms with Crippen LogP contribution in [0.25, 0.3) is 0 Å². The number of allylic oxidation sites excluding steroid dienone is 5. The van der Waals surface area contributed by atoms with Gasteiger partial charge in [0, 0.05) is 19.4 Å². The number of nitrogens with zero attached hydrogens (tertiary/aromatic N) is 2. The monoisotopic (exact) mass is 322 g/mol. The first-order valence-electron chi connectivity index (χ1n) is 9.42. The van der Waals surface area contributed by atoms with Crippen molar-refractivity contribution in [3.05, 3.63) is 71.5 Å². The van der Waals surface area contributed by atoms with Gasteiger partial charge in [-0.15, -0.1) is 11.3 Å². The highest BCUT2D eigenvalue weighted by Crippen LogP contribution is 2.46. The number of unbranched alkanes of at least 4 members (excludes halogenated alkanes) is 1. The van der Waals surface area contributed by atoms with Crippen molar-refractivity contribution in [3.8, 4) is 0 Å². The van der Waals surface area contributed by atoms with Crippen LogP contribution >= 0.6 is 0 Å². The lowest BCUT2D eigenvalue weighted by Crippen LogP contribution is -2.44. The van der Waals surface area contributed by atoms with E-state index in [1.807, 2.05) is 0 Å². The number of rotatable bonds is 6. The van der Waals surface area contributed by atoms with E-state index in [0.29, 0.717) is 6.17 Å². The first kappa shape index (κ1) is 16.9. The van der Waals surface area contributed by atoms with Crippen molar-refractivity contribution >= 4 is 0 Å². The first-order chi connectivity index (χ1) is 11.7. The quantitative estimate of drug-likeness (QED) is 0.595. The van der Waals surface area contributed by atoms with E-state index in [2.05, 4.69) is 80.4 Å². The summed E-state index contributed by atoms with van der Waals surface area (Å²) in [6.45, 7) is 6.80. The van der Waals surface area contributed by atoms with Crippen molar-refractivity contribution in [1.29, 1.82) is 0 Å². The summed E-state index contributed by atoms with van der Waals surface area (Å²) in [5.74, 6) is 2.73. The second kappa shape index (κ2) is 7.29. The Morgan fingerprint density at radius 2 is 1.96 bits per heavy atom. The third kappa shape index (κ3) is 2.90. The summed E-state index contributed by atoms with van der Waals surface area (Å²) in [6, 6.07) is 0. The van der Waals surface area contributed by atoms with E-state index < -0.39 is 0 Å². The molecule has 2 heterocycles. The molecule has 0 aromatic carbocycles. The van der Waals surface area contributed by atoms with Crippen LogP contribution in [-0.4, -0.2) is 23.0 Å². The maximum Gasteiger partial charge on any atom is 0.0841 e. The molecule has 0 N–H and O–H groups in total. The van der Waals surface area contributed by atoms with Crippen LogP contribution in [-0.2, 0) is 0 Å². The molecule has 2 heteroatoms. The van der Waals surface area contributed by atoms with Crippen LogP contribution in [0.5, 0.6) is 0 Å². The van der Waals surface area contributed by atoms with Crippen molar-refractivity contribution in [2.45, 2.75) is 59.0 Å². The Labute approximate surface area is 147 Å². The van der Waals surface area contributed by atoms with Crippen molar-refractivity contribution in [2.75, 3.05) is 7.05 Å². The Balaban J connectivity index is 1.98. The molecule has 2 aliphatic heterocycles. The van der Waals surface area contributed by atoms with E-state index in [1.165, 1.54) is 36.8 Å². The highest BCUT2D eigenvalue weighted by Gasteiger charge is 2.32. The summed E-state index contributed by atoms with van der Waals surface area (Å²) in [4.78, 5) is 4.81. The van der Waals surface area contributed by atoms with Gasteiger partial charge < -0.3 is 9.80 Å². The fraction of sp³-hybridized carbons (Fsp3) is 0.455. The largest absolute Gasteiger partial charge is 0.388 e. The maximum atomic E-state index is 2.46. The molecule has 0 aromatic heterocycles. The van der Waals surface area contributed by atoms with Crippen LogP contribution in [0.1, 0.15) is 52.9 Å². The fourth-order valence-corrected chi connectivity index (χ4v) is 3.96. The van der Waals surface area contributed by atoms with E-state index in [-0.39, 0.29) is 0 Å². The number of hydrogen-bond donors (Lipinski definition) is 0. The van der Waals surface area contributed by atoms with Gasteiger partial charge in [0.25, 0.3) is 0 Å². The standard InChI is InChI=1S/C22H30N2/c1-5-8-9-11-17-12-13-19-18(7-3)20(10-6-2)22-23(4)14-15-24(22)21(19)16-17/h9,11-16,22H,5-8,10H2,1-4H3/q-2/b11-9-. The van der Waals surface area contributed by atoms with E-state index >= 15 is 0 Å². The summed E-state index contributed by atoms with van der Waals surface area (Å²) < 4.78 is 0. The molecule has 0 saturated carbocycles. The van der Waals surface area contributed by atoms with E-state index in [0.717, 1.165) is 12.8 Å². The molecule has 0 aromatic rings. The summed E-state index contributed by atoms with van der Waals surface area (Å²) in [7, 11) is 2.19. The minimum absolute atomic E-state index is 0.363. The molecule has 0 amide bonds. The molecule has 1 atom stereocenters. The molecule has 3 aliphatic rings. The zero-order valence-corrected chi connectivity index (χ0v) is 15.5. The predicted octanol–water partition coefficient (Wildman–Crippen LogP) is 5.51. The third-order valence-electron chi connectivity index (χ3n) is 5.07. The lowest BCUT2D eigenvalue weighted by molar-refractivity contribution is 0.233. The normalized spacial score (nSPS) is 22.7. The van der Waals surface area contributed by atoms with Gasteiger partial charge in [-0.1, -0.05) is 52.0 Å². The summed E-state index contributed by atoms with van der Waals surface area (Å²) >= 11 is 0. The van der Waals surface area contributed by atoms with Gasteiger partial charge in [-0.05, 0) is 6.42 Å². The minimum Gasteiger partial charge on any atom is -0.388 e. The second-order valence-corrected chi connectivity index (χ2v) is 6.82. The Hall–Kier alpha value is -1.96. The van der Waals surface area contributed by atoms with Gasteiger partial charge in [-0.3, -0.25) is 0 Å². The van der Waals surface area contributed by atoms with Crippen molar-refractivity contribution in [3.63, 3.8) is 0 Å². The van der Waals surface area contributed by atoms with Crippen LogP contribution in [0.15, 0.2) is 59.6 Å². The third-order valence-corrected chi connectivity index (χ3v) is 5.07.